The van der Waals surface area contributed by atoms with E-state index in [2.05, 4.69) is 47.1 Å². The molecule has 0 saturated carbocycles. The summed E-state index contributed by atoms with van der Waals surface area (Å²) in [5, 5.41) is 4.62. The molecule has 1 aromatic heterocycles. The molecule has 4 nitrogen and oxygen atoms in total. The molecule has 150 valence electrons. The molecular weight excluding hydrogens is 360 g/mol. The van der Waals surface area contributed by atoms with Gasteiger partial charge in [0.15, 0.2) is 0 Å². The Bertz CT molecular complexity index is 1080. The molecule has 2 atom stereocenters. The van der Waals surface area contributed by atoms with Gasteiger partial charge in [-0.25, -0.2) is 4.79 Å². The first kappa shape index (κ1) is 18.4. The molecule has 1 N–H and O–H groups in total. The van der Waals surface area contributed by atoms with Crippen LogP contribution in [0.1, 0.15) is 70.9 Å². The van der Waals surface area contributed by atoms with Gasteiger partial charge in [-0.15, -0.1) is 0 Å². The summed E-state index contributed by atoms with van der Waals surface area (Å²) in [6.07, 6.45) is 4.66. The number of benzene rings is 2. The van der Waals surface area contributed by atoms with Crippen LogP contribution in [0.2, 0.25) is 0 Å². The maximum absolute atomic E-state index is 12.6. The van der Waals surface area contributed by atoms with E-state index in [1.807, 2.05) is 12.1 Å². The molecule has 1 saturated heterocycles. The molecule has 0 spiro atoms. The Morgan fingerprint density at radius 1 is 1.24 bits per heavy atom. The highest BCUT2D eigenvalue weighted by molar-refractivity contribution is 6.04. The molecule has 1 aliphatic carbocycles. The van der Waals surface area contributed by atoms with Crippen molar-refractivity contribution in [3.63, 3.8) is 0 Å². The third-order valence-electron chi connectivity index (χ3n) is 6.60. The number of carbonyl (C=O) groups excluding carboxylic acids is 1. The van der Waals surface area contributed by atoms with E-state index in [0.717, 1.165) is 31.4 Å². The van der Waals surface area contributed by atoms with E-state index < -0.39 is 0 Å². The molecule has 0 bridgehead atoms. The Morgan fingerprint density at radius 3 is 2.83 bits per heavy atom. The lowest BCUT2D eigenvalue weighted by Gasteiger charge is -2.25. The first-order valence-corrected chi connectivity index (χ1v) is 10.8. The third kappa shape index (κ3) is 3.16. The van der Waals surface area contributed by atoms with Crippen molar-refractivity contribution >= 4 is 16.9 Å². The van der Waals surface area contributed by atoms with Crippen LogP contribution in [0.25, 0.3) is 10.9 Å². The number of fused-ring (bicyclic) bond motifs is 3. The van der Waals surface area contributed by atoms with Crippen LogP contribution in [-0.4, -0.2) is 24.2 Å². The van der Waals surface area contributed by atoms with Crippen molar-refractivity contribution in [3.8, 4) is 0 Å². The van der Waals surface area contributed by atoms with Gasteiger partial charge in [0.1, 0.15) is 0 Å². The number of esters is 1. The highest BCUT2D eigenvalue weighted by atomic mass is 16.5. The Labute approximate surface area is 171 Å². The molecule has 2 heterocycles. The second-order valence-electron chi connectivity index (χ2n) is 8.35. The lowest BCUT2D eigenvalue weighted by atomic mass is 9.85. The first-order valence-electron chi connectivity index (χ1n) is 10.8. The van der Waals surface area contributed by atoms with Gasteiger partial charge in [0.25, 0.3) is 0 Å². The predicted octanol–water partition coefficient (Wildman–Crippen LogP) is 4.95. The molecule has 1 fully saturated rings. The molecule has 3 aromatic rings. The minimum Gasteiger partial charge on any atom is -0.465 e. The number of hydrogen-bond acceptors (Lipinski definition) is 3. The number of methoxy groups -OCH3 is 1. The maximum Gasteiger partial charge on any atom is 0.340 e. The van der Waals surface area contributed by atoms with Gasteiger partial charge in [-0.05, 0) is 54.4 Å². The Morgan fingerprint density at radius 2 is 2.07 bits per heavy atom. The number of nitrogens with one attached hydrogen (secondary N) is 1. The summed E-state index contributed by atoms with van der Waals surface area (Å²) >= 11 is 0. The standard InChI is InChI=1S/C25H28N2O2/c1-3-17-8-5-10-19-20-11-6-12-21(25(28)29-2)24(20)27(23(17)19)15-16-7-4-9-18(13-16)22-14-26-22/h4,6-7,9,11-13,17,22,26H,3,5,8,10,14-15H2,1-2H3. The van der Waals surface area contributed by atoms with Crippen molar-refractivity contribution in [1.82, 2.24) is 9.88 Å². The zero-order valence-corrected chi connectivity index (χ0v) is 17.2. The van der Waals surface area contributed by atoms with Crippen molar-refractivity contribution < 1.29 is 9.53 Å². The number of para-hydroxylation sites is 1. The average molecular weight is 389 g/mol. The molecule has 4 heteroatoms. The van der Waals surface area contributed by atoms with Gasteiger partial charge in [0.05, 0.1) is 18.2 Å². The molecule has 2 unspecified atom stereocenters. The van der Waals surface area contributed by atoms with Gasteiger partial charge in [0.2, 0.25) is 0 Å². The van der Waals surface area contributed by atoms with Gasteiger partial charge in [0, 0.05) is 30.2 Å². The highest BCUT2D eigenvalue weighted by Gasteiger charge is 2.29. The molecule has 0 radical (unpaired) electrons. The summed E-state index contributed by atoms with van der Waals surface area (Å²) in [5.41, 5.74) is 7.22. The topological polar surface area (TPSA) is 53.2 Å². The molecule has 29 heavy (non-hydrogen) atoms. The number of aryl methyl sites for hydroxylation is 1. The van der Waals surface area contributed by atoms with Gasteiger partial charge in [-0.2, -0.15) is 0 Å². The zero-order valence-electron chi connectivity index (χ0n) is 17.2. The van der Waals surface area contributed by atoms with Crippen molar-refractivity contribution in [2.75, 3.05) is 13.7 Å². The summed E-state index contributed by atoms with van der Waals surface area (Å²) in [6.45, 7) is 4.13. The summed E-state index contributed by atoms with van der Waals surface area (Å²) in [6, 6.07) is 15.4. The molecule has 2 aliphatic rings. The van der Waals surface area contributed by atoms with Crippen molar-refractivity contribution in [2.45, 2.75) is 51.1 Å². The van der Waals surface area contributed by atoms with Crippen LogP contribution in [-0.2, 0) is 17.7 Å². The molecule has 0 amide bonds. The Kier molecular flexibility index (Phi) is 4.67. The van der Waals surface area contributed by atoms with E-state index in [1.54, 1.807) is 0 Å². The number of aromatic nitrogens is 1. The van der Waals surface area contributed by atoms with Crippen LogP contribution in [0.5, 0.6) is 0 Å². The van der Waals surface area contributed by atoms with E-state index in [4.69, 9.17) is 4.74 Å². The summed E-state index contributed by atoms with van der Waals surface area (Å²) in [5.74, 6) is 0.292. The van der Waals surface area contributed by atoms with E-state index in [0.29, 0.717) is 17.5 Å². The molecule has 5 rings (SSSR count). The van der Waals surface area contributed by atoms with Crippen LogP contribution in [0.15, 0.2) is 42.5 Å². The Hall–Kier alpha value is -2.59. The number of nitrogens with zero attached hydrogens (tertiary/aromatic N) is 1. The van der Waals surface area contributed by atoms with E-state index in [9.17, 15) is 4.79 Å². The van der Waals surface area contributed by atoms with Crippen molar-refractivity contribution in [3.05, 3.63) is 70.4 Å². The number of ether oxygens (including phenoxy) is 1. The molecular formula is C25H28N2O2. The number of carbonyl (C=O) groups is 1. The Balaban J connectivity index is 1.71. The van der Waals surface area contributed by atoms with Crippen LogP contribution >= 0.6 is 0 Å². The van der Waals surface area contributed by atoms with E-state index >= 15 is 0 Å². The number of rotatable bonds is 5. The minimum absolute atomic E-state index is 0.254. The summed E-state index contributed by atoms with van der Waals surface area (Å²) < 4.78 is 7.55. The SMILES string of the molecule is CCC1CCCc2c1n(Cc1cccc(C3CN3)c1)c1c(C(=O)OC)cccc21. The largest absolute Gasteiger partial charge is 0.465 e. The van der Waals surface area contributed by atoms with Crippen LogP contribution in [0, 0.1) is 0 Å². The minimum atomic E-state index is -0.254. The normalized spacial score (nSPS) is 20.5. The van der Waals surface area contributed by atoms with Gasteiger partial charge >= 0.3 is 5.97 Å². The second kappa shape index (κ2) is 7.34. The van der Waals surface area contributed by atoms with Gasteiger partial charge in [-0.1, -0.05) is 43.3 Å². The monoisotopic (exact) mass is 388 g/mol. The quantitative estimate of drug-likeness (QED) is 0.497. The fraction of sp³-hybridized carbons (Fsp3) is 0.400. The van der Waals surface area contributed by atoms with Crippen LogP contribution in [0.4, 0.5) is 0 Å². The van der Waals surface area contributed by atoms with Crippen molar-refractivity contribution in [1.29, 1.82) is 0 Å². The summed E-state index contributed by atoms with van der Waals surface area (Å²) in [4.78, 5) is 12.6. The maximum atomic E-state index is 12.6. The van der Waals surface area contributed by atoms with Gasteiger partial charge < -0.3 is 14.6 Å². The van der Waals surface area contributed by atoms with E-state index in [-0.39, 0.29) is 5.97 Å². The highest BCUT2D eigenvalue weighted by Crippen LogP contribution is 2.41. The van der Waals surface area contributed by atoms with Crippen LogP contribution < -0.4 is 5.32 Å². The predicted molar refractivity (Wildman–Crippen MR) is 116 cm³/mol. The van der Waals surface area contributed by atoms with Gasteiger partial charge in [-0.3, -0.25) is 0 Å². The zero-order chi connectivity index (χ0) is 20.0. The third-order valence-corrected chi connectivity index (χ3v) is 6.60. The second-order valence-corrected chi connectivity index (χ2v) is 8.35. The van der Waals surface area contributed by atoms with Crippen LogP contribution in [0.3, 0.4) is 0 Å². The number of hydrogen-bond donors (Lipinski definition) is 1. The fourth-order valence-electron chi connectivity index (χ4n) is 5.11. The van der Waals surface area contributed by atoms with E-state index in [1.165, 1.54) is 47.7 Å². The molecule has 2 aromatic carbocycles. The molecule has 1 aliphatic heterocycles. The lowest BCUT2D eigenvalue weighted by Crippen LogP contribution is -2.15. The average Bonchev–Trinajstić information content (AvgIpc) is 3.57. The fourth-order valence-corrected chi connectivity index (χ4v) is 5.11. The summed E-state index contributed by atoms with van der Waals surface area (Å²) in [7, 11) is 1.47. The van der Waals surface area contributed by atoms with Crippen molar-refractivity contribution in [2.24, 2.45) is 0 Å². The smallest absolute Gasteiger partial charge is 0.340 e. The first-order chi connectivity index (χ1) is 14.2. The lowest BCUT2D eigenvalue weighted by molar-refractivity contribution is 0.0602.